The second-order valence-corrected chi connectivity index (χ2v) is 9.97. The third-order valence-corrected chi connectivity index (χ3v) is 7.30. The summed E-state index contributed by atoms with van der Waals surface area (Å²) < 4.78 is 8.81. The predicted molar refractivity (Wildman–Crippen MR) is 114 cm³/mol. The van der Waals surface area contributed by atoms with Crippen molar-refractivity contribution >= 4 is 5.91 Å². The molecule has 2 saturated carbocycles. The van der Waals surface area contributed by atoms with Crippen molar-refractivity contribution in [1.82, 2.24) is 19.8 Å². The summed E-state index contributed by atoms with van der Waals surface area (Å²) in [5, 5.41) is 6.94. The van der Waals surface area contributed by atoms with Gasteiger partial charge in [-0.15, -0.1) is 0 Å². The SMILES string of the molecule is Cc1c(C(NC(=O)c2ccon2)C2CCC(C)(C)C2)c(=O)n(C2CCCCC2)n1C. The van der Waals surface area contributed by atoms with Crippen molar-refractivity contribution in [3.05, 3.63) is 39.6 Å². The molecule has 2 fully saturated rings. The topological polar surface area (TPSA) is 82.1 Å². The number of amides is 1. The molecule has 2 aliphatic rings. The smallest absolute Gasteiger partial charge is 0.273 e. The molecule has 0 aliphatic heterocycles. The van der Waals surface area contributed by atoms with Gasteiger partial charge < -0.3 is 9.84 Å². The highest BCUT2D eigenvalue weighted by Crippen LogP contribution is 2.46. The molecule has 4 rings (SSSR count). The molecular formula is C23H34N4O3. The van der Waals surface area contributed by atoms with Crippen molar-refractivity contribution in [2.75, 3.05) is 0 Å². The van der Waals surface area contributed by atoms with E-state index in [1.807, 2.05) is 23.3 Å². The first-order valence-electron chi connectivity index (χ1n) is 11.3. The van der Waals surface area contributed by atoms with E-state index in [0.717, 1.165) is 43.4 Å². The fourth-order valence-corrected chi connectivity index (χ4v) is 5.59. The zero-order chi connectivity index (χ0) is 21.5. The number of nitrogens with zero attached hydrogens (tertiary/aromatic N) is 3. The molecule has 2 aromatic rings. The van der Waals surface area contributed by atoms with E-state index in [-0.39, 0.29) is 40.6 Å². The lowest BCUT2D eigenvalue weighted by Gasteiger charge is -2.26. The van der Waals surface area contributed by atoms with Crippen LogP contribution in [-0.2, 0) is 7.05 Å². The Morgan fingerprint density at radius 3 is 2.60 bits per heavy atom. The summed E-state index contributed by atoms with van der Waals surface area (Å²) >= 11 is 0. The lowest BCUT2D eigenvalue weighted by atomic mass is 9.86. The van der Waals surface area contributed by atoms with Gasteiger partial charge in [-0.1, -0.05) is 38.3 Å². The minimum Gasteiger partial charge on any atom is -0.364 e. The molecule has 0 spiro atoms. The van der Waals surface area contributed by atoms with Crippen LogP contribution in [0.3, 0.4) is 0 Å². The fourth-order valence-electron chi connectivity index (χ4n) is 5.59. The van der Waals surface area contributed by atoms with Gasteiger partial charge in [-0.25, -0.2) is 4.68 Å². The summed E-state index contributed by atoms with van der Waals surface area (Å²) in [4.78, 5) is 26.6. The Labute approximate surface area is 177 Å². The van der Waals surface area contributed by atoms with E-state index in [1.54, 1.807) is 6.07 Å². The standard InChI is InChI=1S/C23H34N4O3/c1-15-19(22(29)27(26(15)4)17-8-6-5-7-9-17)20(16-10-12-23(2,3)14-16)24-21(28)18-11-13-30-25-18/h11,13,16-17,20H,5-10,12,14H2,1-4H3,(H,24,28). The van der Waals surface area contributed by atoms with Crippen LogP contribution in [0.25, 0.3) is 0 Å². The molecule has 164 valence electrons. The Morgan fingerprint density at radius 1 is 1.27 bits per heavy atom. The Balaban J connectivity index is 1.73. The first kappa shape index (κ1) is 20.9. The first-order chi connectivity index (χ1) is 14.3. The molecule has 2 atom stereocenters. The lowest BCUT2D eigenvalue weighted by Crippen LogP contribution is -2.37. The van der Waals surface area contributed by atoms with Gasteiger partial charge in [-0.05, 0) is 50.4 Å². The molecular weight excluding hydrogens is 380 g/mol. The van der Waals surface area contributed by atoms with Crippen LogP contribution in [0.5, 0.6) is 0 Å². The van der Waals surface area contributed by atoms with Crippen molar-refractivity contribution in [3.63, 3.8) is 0 Å². The van der Waals surface area contributed by atoms with Gasteiger partial charge in [0, 0.05) is 18.8 Å². The zero-order valence-electron chi connectivity index (χ0n) is 18.6. The highest BCUT2D eigenvalue weighted by Gasteiger charge is 2.40. The molecule has 30 heavy (non-hydrogen) atoms. The Bertz CT molecular complexity index is 948. The van der Waals surface area contributed by atoms with E-state index in [0.29, 0.717) is 0 Å². The number of carbonyl (C=O) groups is 1. The maximum atomic E-state index is 13.7. The number of hydrogen-bond donors (Lipinski definition) is 1. The minimum atomic E-state index is -0.320. The van der Waals surface area contributed by atoms with Crippen molar-refractivity contribution in [2.45, 2.75) is 84.2 Å². The largest absolute Gasteiger partial charge is 0.364 e. The van der Waals surface area contributed by atoms with Crippen LogP contribution in [-0.4, -0.2) is 20.4 Å². The number of nitrogens with one attached hydrogen (secondary N) is 1. The van der Waals surface area contributed by atoms with E-state index >= 15 is 0 Å². The molecule has 2 unspecified atom stereocenters. The Kier molecular flexibility index (Phi) is 5.64. The van der Waals surface area contributed by atoms with E-state index in [9.17, 15) is 9.59 Å². The van der Waals surface area contributed by atoms with Crippen LogP contribution >= 0.6 is 0 Å². The summed E-state index contributed by atoms with van der Waals surface area (Å²) in [6.07, 6.45) is 10.1. The van der Waals surface area contributed by atoms with Gasteiger partial charge in [0.15, 0.2) is 5.69 Å². The van der Waals surface area contributed by atoms with Gasteiger partial charge in [0.1, 0.15) is 6.26 Å². The van der Waals surface area contributed by atoms with Gasteiger partial charge in [-0.2, -0.15) is 0 Å². The van der Waals surface area contributed by atoms with E-state index < -0.39 is 0 Å². The van der Waals surface area contributed by atoms with Crippen molar-refractivity contribution in [1.29, 1.82) is 0 Å². The minimum absolute atomic E-state index is 0.0528. The number of aromatic nitrogens is 3. The maximum Gasteiger partial charge on any atom is 0.273 e. The Hall–Kier alpha value is -2.31. The summed E-state index contributed by atoms with van der Waals surface area (Å²) in [5.41, 5.74) is 2.20. The van der Waals surface area contributed by atoms with Gasteiger partial charge in [0.25, 0.3) is 11.5 Å². The summed E-state index contributed by atoms with van der Waals surface area (Å²) in [6.45, 7) is 6.54. The van der Waals surface area contributed by atoms with E-state index in [2.05, 4.69) is 24.3 Å². The molecule has 7 nitrogen and oxygen atoms in total. The second-order valence-electron chi connectivity index (χ2n) is 9.97. The average molecular weight is 415 g/mol. The summed E-state index contributed by atoms with van der Waals surface area (Å²) in [7, 11) is 1.98. The molecule has 2 aromatic heterocycles. The molecule has 0 radical (unpaired) electrons. The van der Waals surface area contributed by atoms with Crippen LogP contribution in [0.1, 0.15) is 99.0 Å². The van der Waals surface area contributed by atoms with Gasteiger partial charge >= 0.3 is 0 Å². The zero-order valence-corrected chi connectivity index (χ0v) is 18.6. The number of rotatable bonds is 5. The van der Waals surface area contributed by atoms with Crippen LogP contribution in [0.2, 0.25) is 0 Å². The average Bonchev–Trinajstić information content (AvgIpc) is 3.42. The van der Waals surface area contributed by atoms with Crippen molar-refractivity contribution in [2.24, 2.45) is 18.4 Å². The van der Waals surface area contributed by atoms with E-state index in [4.69, 9.17) is 4.52 Å². The summed E-state index contributed by atoms with van der Waals surface area (Å²) in [5.74, 6) is -0.0604. The first-order valence-corrected chi connectivity index (χ1v) is 11.3. The molecule has 0 bridgehead atoms. The lowest BCUT2D eigenvalue weighted by molar-refractivity contribution is 0.0910. The Morgan fingerprint density at radius 2 is 2.00 bits per heavy atom. The molecule has 0 saturated heterocycles. The highest BCUT2D eigenvalue weighted by molar-refractivity contribution is 5.92. The normalized spacial score (nSPS) is 22.9. The molecule has 2 aliphatic carbocycles. The molecule has 1 N–H and O–H groups in total. The molecule has 0 aromatic carbocycles. The van der Waals surface area contributed by atoms with Crippen LogP contribution < -0.4 is 10.9 Å². The van der Waals surface area contributed by atoms with E-state index in [1.165, 1.54) is 25.5 Å². The predicted octanol–water partition coefficient (Wildman–Crippen LogP) is 4.29. The van der Waals surface area contributed by atoms with Crippen molar-refractivity contribution in [3.8, 4) is 0 Å². The second kappa shape index (κ2) is 8.08. The third kappa shape index (κ3) is 3.86. The molecule has 7 heteroatoms. The van der Waals surface area contributed by atoms with Gasteiger partial charge in [-0.3, -0.25) is 14.3 Å². The van der Waals surface area contributed by atoms with Crippen LogP contribution in [0.15, 0.2) is 21.6 Å². The van der Waals surface area contributed by atoms with Gasteiger partial charge in [0.05, 0.1) is 17.6 Å². The van der Waals surface area contributed by atoms with Crippen molar-refractivity contribution < 1.29 is 9.32 Å². The monoisotopic (exact) mass is 414 g/mol. The number of hydrogen-bond acceptors (Lipinski definition) is 4. The van der Waals surface area contributed by atoms with Gasteiger partial charge in [0.2, 0.25) is 0 Å². The number of carbonyl (C=O) groups excluding carboxylic acids is 1. The summed E-state index contributed by atoms with van der Waals surface area (Å²) in [6, 6.07) is 1.48. The quantitative estimate of drug-likeness (QED) is 0.791. The highest BCUT2D eigenvalue weighted by atomic mass is 16.5. The maximum absolute atomic E-state index is 13.7. The fraction of sp³-hybridized carbons (Fsp3) is 0.696. The molecule has 2 heterocycles. The van der Waals surface area contributed by atoms with Crippen LogP contribution in [0.4, 0.5) is 0 Å². The third-order valence-electron chi connectivity index (χ3n) is 7.30. The van der Waals surface area contributed by atoms with Crippen LogP contribution in [0, 0.1) is 18.3 Å². The molecule has 1 amide bonds.